The first-order valence-electron chi connectivity index (χ1n) is 14.4. The van der Waals surface area contributed by atoms with E-state index in [1.165, 1.54) is 22.9 Å². The lowest BCUT2D eigenvalue weighted by Gasteiger charge is -2.15. The largest absolute Gasteiger partial charge is 0.490 e. The highest BCUT2D eigenvalue weighted by molar-refractivity contribution is 7.14. The first-order valence-corrected chi connectivity index (χ1v) is 16.1. The van der Waals surface area contributed by atoms with Crippen molar-refractivity contribution >= 4 is 68.3 Å². The van der Waals surface area contributed by atoms with Crippen LogP contribution in [0.4, 0.5) is 10.8 Å². The van der Waals surface area contributed by atoms with Crippen molar-refractivity contribution in [3.8, 4) is 22.8 Å². The summed E-state index contributed by atoms with van der Waals surface area (Å²) in [7, 11) is 0. The number of benzene rings is 5. The molecule has 0 aliphatic heterocycles. The molecular weight excluding hydrogens is 639 g/mol. The third-order valence-corrected chi connectivity index (χ3v) is 8.24. The lowest BCUT2D eigenvalue weighted by Crippen LogP contribution is -2.17. The molecule has 6 aromatic rings. The number of aromatic nitrogens is 1. The standard InChI is InChI=1S/C36H28Cl2N4O3S/c1-2-44-33-19-24(18-31(38)34(33)45-21-23-7-8-25-5-3-4-6-28(25)17-23)20-39-42-35(43)27-11-9-26(10-12-27)32-22-46-36(41-32)40-30-15-13-29(37)14-16-30/h3-20,22H,2,21H2,1H3,(H,40,41)(H,42,43)/b39-20-. The average molecular weight is 668 g/mol. The Morgan fingerprint density at radius 2 is 1.70 bits per heavy atom. The lowest BCUT2D eigenvalue weighted by atomic mass is 10.1. The van der Waals surface area contributed by atoms with Crippen LogP contribution in [0.15, 0.2) is 114 Å². The van der Waals surface area contributed by atoms with Crippen molar-refractivity contribution in [2.24, 2.45) is 5.10 Å². The smallest absolute Gasteiger partial charge is 0.271 e. The van der Waals surface area contributed by atoms with Gasteiger partial charge in [0.25, 0.3) is 5.91 Å². The maximum absolute atomic E-state index is 12.8. The van der Waals surface area contributed by atoms with Crippen LogP contribution < -0.4 is 20.2 Å². The van der Waals surface area contributed by atoms with E-state index in [1.54, 1.807) is 24.3 Å². The van der Waals surface area contributed by atoms with E-state index in [0.717, 1.165) is 33.0 Å². The Morgan fingerprint density at radius 1 is 0.913 bits per heavy atom. The van der Waals surface area contributed by atoms with E-state index in [9.17, 15) is 4.79 Å². The molecule has 0 saturated carbocycles. The highest BCUT2D eigenvalue weighted by Crippen LogP contribution is 2.37. The van der Waals surface area contributed by atoms with Gasteiger partial charge in [0.2, 0.25) is 0 Å². The predicted molar refractivity (Wildman–Crippen MR) is 188 cm³/mol. The Labute approximate surface area is 280 Å². The number of rotatable bonds is 11. The van der Waals surface area contributed by atoms with E-state index in [2.05, 4.69) is 45.1 Å². The summed E-state index contributed by atoms with van der Waals surface area (Å²) >= 11 is 14.1. The molecule has 2 N–H and O–H groups in total. The van der Waals surface area contributed by atoms with Gasteiger partial charge in [0, 0.05) is 27.2 Å². The summed E-state index contributed by atoms with van der Waals surface area (Å²) < 4.78 is 11.9. The fourth-order valence-electron chi connectivity index (χ4n) is 4.69. The van der Waals surface area contributed by atoms with Gasteiger partial charge in [-0.15, -0.1) is 11.3 Å². The second-order valence-corrected chi connectivity index (χ2v) is 11.9. The molecule has 5 aromatic carbocycles. The summed E-state index contributed by atoms with van der Waals surface area (Å²) in [5.74, 6) is 0.594. The van der Waals surface area contributed by atoms with E-state index in [4.69, 9.17) is 32.7 Å². The van der Waals surface area contributed by atoms with Crippen molar-refractivity contribution in [3.63, 3.8) is 0 Å². The van der Waals surface area contributed by atoms with Gasteiger partial charge in [-0.25, -0.2) is 10.4 Å². The van der Waals surface area contributed by atoms with Crippen LogP contribution in [-0.4, -0.2) is 23.7 Å². The minimum absolute atomic E-state index is 0.330. The van der Waals surface area contributed by atoms with E-state index < -0.39 is 0 Å². The number of nitrogens with zero attached hydrogens (tertiary/aromatic N) is 2. The number of thiazole rings is 1. The third kappa shape index (κ3) is 7.66. The maximum atomic E-state index is 12.8. The van der Waals surface area contributed by atoms with Crippen molar-refractivity contribution in [1.82, 2.24) is 10.4 Å². The molecule has 0 fully saturated rings. The van der Waals surface area contributed by atoms with Crippen LogP contribution in [0.1, 0.15) is 28.4 Å². The number of ether oxygens (including phenoxy) is 2. The number of anilines is 2. The van der Waals surface area contributed by atoms with Crippen LogP contribution >= 0.6 is 34.5 Å². The lowest BCUT2D eigenvalue weighted by molar-refractivity contribution is 0.0955. The average Bonchev–Trinajstić information content (AvgIpc) is 3.54. The maximum Gasteiger partial charge on any atom is 0.271 e. The van der Waals surface area contributed by atoms with E-state index in [1.807, 2.05) is 66.9 Å². The van der Waals surface area contributed by atoms with Gasteiger partial charge in [-0.1, -0.05) is 71.7 Å². The Kier molecular flexibility index (Phi) is 9.79. The molecule has 6 rings (SSSR count). The zero-order chi connectivity index (χ0) is 31.9. The zero-order valence-electron chi connectivity index (χ0n) is 24.7. The summed E-state index contributed by atoms with van der Waals surface area (Å²) in [5, 5.41) is 13.5. The Morgan fingerprint density at radius 3 is 2.48 bits per heavy atom. The van der Waals surface area contributed by atoms with Crippen molar-refractivity contribution in [2.75, 3.05) is 11.9 Å². The van der Waals surface area contributed by atoms with Crippen LogP contribution in [0.25, 0.3) is 22.0 Å². The summed E-state index contributed by atoms with van der Waals surface area (Å²) in [6, 6.07) is 32.5. The molecule has 0 unspecified atom stereocenters. The molecule has 10 heteroatoms. The van der Waals surface area contributed by atoms with Crippen LogP contribution in [-0.2, 0) is 6.61 Å². The van der Waals surface area contributed by atoms with Crippen LogP contribution in [0, 0.1) is 0 Å². The summed E-state index contributed by atoms with van der Waals surface area (Å²) in [4.78, 5) is 17.4. The van der Waals surface area contributed by atoms with Gasteiger partial charge in [-0.05, 0) is 83.4 Å². The second-order valence-electron chi connectivity index (χ2n) is 10.2. The molecular formula is C36H28Cl2N4O3S. The highest BCUT2D eigenvalue weighted by Gasteiger charge is 2.13. The fraction of sp³-hybridized carbons (Fsp3) is 0.0833. The summed E-state index contributed by atoms with van der Waals surface area (Å²) in [6.45, 7) is 2.65. The molecule has 0 atom stereocenters. The van der Waals surface area contributed by atoms with Gasteiger partial charge in [0.05, 0.1) is 23.5 Å². The summed E-state index contributed by atoms with van der Waals surface area (Å²) in [5.41, 5.74) is 7.29. The van der Waals surface area contributed by atoms with Crippen LogP contribution in [0.3, 0.4) is 0 Å². The monoisotopic (exact) mass is 666 g/mol. The van der Waals surface area contributed by atoms with Gasteiger partial charge < -0.3 is 14.8 Å². The number of hydrogen-bond donors (Lipinski definition) is 2. The number of amides is 1. The number of carbonyl (C=O) groups excluding carboxylic acids is 1. The Hall–Kier alpha value is -4.89. The number of fused-ring (bicyclic) bond motifs is 1. The van der Waals surface area contributed by atoms with Gasteiger partial charge in [0.15, 0.2) is 16.6 Å². The molecule has 1 aromatic heterocycles. The quantitative estimate of drug-likeness (QED) is 0.106. The Bertz CT molecular complexity index is 2010. The van der Waals surface area contributed by atoms with Crippen LogP contribution in [0.2, 0.25) is 10.0 Å². The first kappa shape index (κ1) is 31.1. The number of nitrogens with one attached hydrogen (secondary N) is 2. The molecule has 0 spiro atoms. The Balaban J connectivity index is 1.07. The molecule has 0 radical (unpaired) electrons. The topological polar surface area (TPSA) is 84.8 Å². The minimum Gasteiger partial charge on any atom is -0.490 e. The van der Waals surface area contributed by atoms with Crippen molar-refractivity contribution in [1.29, 1.82) is 0 Å². The highest BCUT2D eigenvalue weighted by atomic mass is 35.5. The van der Waals surface area contributed by atoms with Gasteiger partial charge in [-0.2, -0.15) is 5.10 Å². The predicted octanol–water partition coefficient (Wildman–Crippen LogP) is 9.76. The molecule has 1 heterocycles. The minimum atomic E-state index is -0.349. The van der Waals surface area contributed by atoms with E-state index in [-0.39, 0.29) is 5.91 Å². The van der Waals surface area contributed by atoms with Gasteiger partial charge in [0.1, 0.15) is 6.61 Å². The molecule has 0 bridgehead atoms. The van der Waals surface area contributed by atoms with E-state index in [0.29, 0.717) is 45.9 Å². The van der Waals surface area contributed by atoms with Gasteiger partial charge in [-0.3, -0.25) is 4.79 Å². The number of carbonyl (C=O) groups is 1. The van der Waals surface area contributed by atoms with Crippen molar-refractivity contribution < 1.29 is 14.3 Å². The molecule has 0 aliphatic rings. The van der Waals surface area contributed by atoms with Crippen molar-refractivity contribution in [3.05, 3.63) is 135 Å². The van der Waals surface area contributed by atoms with Gasteiger partial charge >= 0.3 is 0 Å². The molecule has 0 saturated heterocycles. The molecule has 1 amide bonds. The molecule has 46 heavy (non-hydrogen) atoms. The first-order chi connectivity index (χ1) is 22.4. The number of hydrogen-bond acceptors (Lipinski definition) is 7. The molecule has 0 aliphatic carbocycles. The number of halogens is 2. The molecule has 7 nitrogen and oxygen atoms in total. The number of hydrazone groups is 1. The van der Waals surface area contributed by atoms with Crippen LogP contribution in [0.5, 0.6) is 11.5 Å². The third-order valence-electron chi connectivity index (χ3n) is 6.95. The normalized spacial score (nSPS) is 11.1. The summed E-state index contributed by atoms with van der Waals surface area (Å²) in [6.07, 6.45) is 1.51. The zero-order valence-corrected chi connectivity index (χ0v) is 27.0. The SMILES string of the molecule is CCOc1cc(/C=N\NC(=O)c2ccc(-c3csc(Nc4ccc(Cl)cc4)n3)cc2)cc(Cl)c1OCc1ccc2ccccc2c1. The molecule has 230 valence electrons. The van der Waals surface area contributed by atoms with Crippen molar-refractivity contribution in [2.45, 2.75) is 13.5 Å². The fourth-order valence-corrected chi connectivity index (χ4v) is 5.83. The van der Waals surface area contributed by atoms with E-state index >= 15 is 0 Å². The second kappa shape index (κ2) is 14.5.